The van der Waals surface area contributed by atoms with Gasteiger partial charge in [0.1, 0.15) is 0 Å². The van der Waals surface area contributed by atoms with Gasteiger partial charge in [0.25, 0.3) is 0 Å². The van der Waals surface area contributed by atoms with Crippen molar-refractivity contribution in [1.29, 1.82) is 0 Å². The fraction of sp³-hybridized carbons (Fsp3) is 0.364. The Labute approximate surface area is 84.8 Å². The van der Waals surface area contributed by atoms with E-state index in [-0.39, 0.29) is 0 Å². The van der Waals surface area contributed by atoms with Crippen LogP contribution < -0.4 is 11.5 Å². The van der Waals surface area contributed by atoms with Gasteiger partial charge in [-0.2, -0.15) is 0 Å². The largest absolute Gasteiger partial charge is 0.388 e. The lowest BCUT2D eigenvalue weighted by Gasteiger charge is -2.01. The normalized spacial score (nSPS) is 11.7. The molecule has 0 saturated heterocycles. The fourth-order valence-electron chi connectivity index (χ4n) is 1.27. The second-order valence-electron chi connectivity index (χ2n) is 3.32. The maximum Gasteiger partial charge on any atom is 0.0909 e. The number of hydrogen-bond donors (Lipinski definition) is 2. The number of rotatable bonds is 4. The first-order valence-electron chi connectivity index (χ1n) is 4.77. The van der Waals surface area contributed by atoms with E-state index in [2.05, 4.69) is 17.1 Å². The molecule has 3 nitrogen and oxygen atoms in total. The average Bonchev–Trinajstić information content (AvgIpc) is 2.16. The minimum atomic E-state index is 0.620. The summed E-state index contributed by atoms with van der Waals surface area (Å²) < 4.78 is 0. The van der Waals surface area contributed by atoms with E-state index in [9.17, 15) is 0 Å². The van der Waals surface area contributed by atoms with E-state index in [4.69, 9.17) is 11.5 Å². The molecule has 0 radical (unpaired) electrons. The van der Waals surface area contributed by atoms with E-state index in [1.165, 1.54) is 11.1 Å². The smallest absolute Gasteiger partial charge is 0.0909 e. The van der Waals surface area contributed by atoms with Crippen LogP contribution in [0.5, 0.6) is 0 Å². The van der Waals surface area contributed by atoms with E-state index in [1.54, 1.807) is 6.92 Å². The highest BCUT2D eigenvalue weighted by atomic mass is 14.8. The summed E-state index contributed by atoms with van der Waals surface area (Å²) in [5, 5.41) is 0. The Kier molecular flexibility index (Phi) is 4.13. The van der Waals surface area contributed by atoms with Crippen molar-refractivity contribution in [3.05, 3.63) is 35.4 Å². The number of hydrogen-bond acceptors (Lipinski definition) is 2. The van der Waals surface area contributed by atoms with Crippen LogP contribution in [-0.4, -0.2) is 12.4 Å². The Morgan fingerprint density at radius 2 is 2.07 bits per heavy atom. The molecule has 3 heteroatoms. The van der Waals surface area contributed by atoms with Crippen molar-refractivity contribution in [2.24, 2.45) is 16.5 Å². The molecule has 1 aromatic rings. The standard InChI is InChI=1S/C11H17N3/c1-9(13)14-8-11-4-2-3-10(7-11)5-6-12/h2-4,7H,5-6,8,12H2,1H3,(H2,13,14). The molecule has 0 spiro atoms. The highest BCUT2D eigenvalue weighted by molar-refractivity contribution is 5.77. The molecule has 0 aliphatic carbocycles. The number of benzene rings is 1. The molecule has 0 fully saturated rings. The molecule has 14 heavy (non-hydrogen) atoms. The topological polar surface area (TPSA) is 64.4 Å². The maximum absolute atomic E-state index is 5.49. The van der Waals surface area contributed by atoms with Crippen molar-refractivity contribution in [3.63, 3.8) is 0 Å². The summed E-state index contributed by atoms with van der Waals surface area (Å²) in [6.07, 6.45) is 0.916. The molecule has 0 saturated carbocycles. The van der Waals surface area contributed by atoms with Gasteiger partial charge in [-0.05, 0) is 31.0 Å². The number of nitrogens with zero attached hydrogens (tertiary/aromatic N) is 1. The third-order valence-electron chi connectivity index (χ3n) is 1.94. The number of nitrogens with two attached hydrogens (primary N) is 2. The quantitative estimate of drug-likeness (QED) is 0.552. The van der Waals surface area contributed by atoms with Gasteiger partial charge < -0.3 is 11.5 Å². The maximum atomic E-state index is 5.49. The van der Waals surface area contributed by atoms with Gasteiger partial charge >= 0.3 is 0 Å². The molecule has 0 heterocycles. The van der Waals surface area contributed by atoms with Gasteiger partial charge in [0, 0.05) is 0 Å². The Hall–Kier alpha value is -1.35. The van der Waals surface area contributed by atoms with Crippen molar-refractivity contribution in [1.82, 2.24) is 0 Å². The Morgan fingerprint density at radius 3 is 2.71 bits per heavy atom. The third kappa shape index (κ3) is 3.58. The lowest BCUT2D eigenvalue weighted by Crippen LogP contribution is -2.06. The molecular weight excluding hydrogens is 174 g/mol. The molecular formula is C11H17N3. The zero-order chi connectivity index (χ0) is 10.4. The summed E-state index contributed by atoms with van der Waals surface area (Å²) >= 11 is 0. The molecule has 0 atom stereocenters. The average molecular weight is 191 g/mol. The van der Waals surface area contributed by atoms with Crippen molar-refractivity contribution < 1.29 is 0 Å². The van der Waals surface area contributed by atoms with Crippen LogP contribution in [0.25, 0.3) is 0 Å². The SMILES string of the molecule is CC(N)=NCc1cccc(CCN)c1. The summed E-state index contributed by atoms with van der Waals surface area (Å²) in [6.45, 7) is 3.13. The Bertz CT molecular complexity index is 314. The highest BCUT2D eigenvalue weighted by Crippen LogP contribution is 2.06. The Balaban J connectivity index is 2.68. The van der Waals surface area contributed by atoms with Gasteiger partial charge in [-0.15, -0.1) is 0 Å². The minimum absolute atomic E-state index is 0.620. The predicted octanol–water partition coefficient (Wildman–Crippen LogP) is 1.06. The van der Waals surface area contributed by atoms with E-state index in [0.717, 1.165) is 6.42 Å². The number of amidine groups is 1. The van der Waals surface area contributed by atoms with Gasteiger partial charge in [0.05, 0.1) is 12.4 Å². The van der Waals surface area contributed by atoms with Crippen LogP contribution in [0.3, 0.4) is 0 Å². The van der Waals surface area contributed by atoms with Gasteiger partial charge in [-0.25, -0.2) is 0 Å². The minimum Gasteiger partial charge on any atom is -0.388 e. The fourth-order valence-corrected chi connectivity index (χ4v) is 1.27. The van der Waals surface area contributed by atoms with E-state index in [1.807, 2.05) is 12.1 Å². The zero-order valence-electron chi connectivity index (χ0n) is 8.53. The molecule has 0 aliphatic heterocycles. The Morgan fingerprint density at radius 1 is 1.36 bits per heavy atom. The van der Waals surface area contributed by atoms with Crippen LogP contribution in [-0.2, 0) is 13.0 Å². The van der Waals surface area contributed by atoms with E-state index in [0.29, 0.717) is 18.9 Å². The second kappa shape index (κ2) is 5.40. The molecule has 0 amide bonds. The molecule has 0 bridgehead atoms. The lowest BCUT2D eigenvalue weighted by molar-refractivity contribution is 0.958. The first-order chi connectivity index (χ1) is 6.72. The summed E-state index contributed by atoms with van der Waals surface area (Å²) in [4.78, 5) is 4.16. The monoisotopic (exact) mass is 191 g/mol. The van der Waals surface area contributed by atoms with Crippen molar-refractivity contribution >= 4 is 5.84 Å². The van der Waals surface area contributed by atoms with Crippen molar-refractivity contribution in [3.8, 4) is 0 Å². The number of aliphatic imine (C=N–C) groups is 1. The molecule has 1 aromatic carbocycles. The van der Waals surface area contributed by atoms with Gasteiger partial charge in [-0.3, -0.25) is 4.99 Å². The molecule has 0 aromatic heterocycles. The second-order valence-corrected chi connectivity index (χ2v) is 3.32. The van der Waals surface area contributed by atoms with Crippen LogP contribution in [0.1, 0.15) is 18.1 Å². The summed E-state index contributed by atoms with van der Waals surface area (Å²) in [5.41, 5.74) is 13.4. The van der Waals surface area contributed by atoms with Crippen LogP contribution >= 0.6 is 0 Å². The molecule has 0 unspecified atom stereocenters. The van der Waals surface area contributed by atoms with Crippen LogP contribution in [0.2, 0.25) is 0 Å². The van der Waals surface area contributed by atoms with Crippen molar-refractivity contribution in [2.75, 3.05) is 6.54 Å². The highest BCUT2D eigenvalue weighted by Gasteiger charge is 1.94. The molecule has 0 aliphatic rings. The summed E-state index contributed by atoms with van der Waals surface area (Å²) in [5.74, 6) is 0.620. The zero-order valence-corrected chi connectivity index (χ0v) is 8.53. The molecule has 76 valence electrons. The van der Waals surface area contributed by atoms with Crippen molar-refractivity contribution in [2.45, 2.75) is 19.9 Å². The molecule has 4 N–H and O–H groups in total. The first-order valence-corrected chi connectivity index (χ1v) is 4.77. The van der Waals surface area contributed by atoms with E-state index < -0.39 is 0 Å². The molecule has 1 rings (SSSR count). The van der Waals surface area contributed by atoms with E-state index >= 15 is 0 Å². The summed E-state index contributed by atoms with van der Waals surface area (Å²) in [6, 6.07) is 8.28. The predicted molar refractivity (Wildman–Crippen MR) is 60.2 cm³/mol. The van der Waals surface area contributed by atoms with Crippen LogP contribution in [0.4, 0.5) is 0 Å². The van der Waals surface area contributed by atoms with Crippen LogP contribution in [0.15, 0.2) is 29.3 Å². The van der Waals surface area contributed by atoms with Crippen LogP contribution in [0, 0.1) is 0 Å². The van der Waals surface area contributed by atoms with Gasteiger partial charge in [-0.1, -0.05) is 24.3 Å². The lowest BCUT2D eigenvalue weighted by atomic mass is 10.1. The first kappa shape index (κ1) is 10.7. The van der Waals surface area contributed by atoms with Gasteiger partial charge in [0.15, 0.2) is 0 Å². The third-order valence-corrected chi connectivity index (χ3v) is 1.94. The summed E-state index contributed by atoms with van der Waals surface area (Å²) in [7, 11) is 0. The van der Waals surface area contributed by atoms with Gasteiger partial charge in [0.2, 0.25) is 0 Å².